The number of fused-ring (bicyclic) bond motifs is 1. The Kier molecular flexibility index (Phi) is 3.82. The van der Waals surface area contributed by atoms with E-state index in [4.69, 9.17) is 4.74 Å². The highest BCUT2D eigenvalue weighted by Gasteiger charge is 2.32. The van der Waals surface area contributed by atoms with Gasteiger partial charge in [-0.1, -0.05) is 6.42 Å². The molecule has 0 N–H and O–H groups in total. The van der Waals surface area contributed by atoms with E-state index in [0.29, 0.717) is 6.04 Å². The van der Waals surface area contributed by atoms with Crippen molar-refractivity contribution in [2.24, 2.45) is 0 Å². The maximum absolute atomic E-state index is 12.0. The number of nitrogens with zero attached hydrogens (tertiary/aromatic N) is 2. The summed E-state index contributed by atoms with van der Waals surface area (Å²) in [6, 6.07) is 0.593. The first-order valence-electron chi connectivity index (χ1n) is 6.28. The number of piperazine rings is 1. The number of methoxy groups -OCH3 is 1. The van der Waals surface area contributed by atoms with Crippen LogP contribution in [0.25, 0.3) is 0 Å². The zero-order valence-corrected chi connectivity index (χ0v) is 10.3. The van der Waals surface area contributed by atoms with E-state index in [2.05, 4.69) is 4.90 Å². The number of carbonyl (C=O) groups is 1. The molecular formula is C12H22N2O2. The van der Waals surface area contributed by atoms with Crippen LogP contribution in [0.2, 0.25) is 0 Å². The van der Waals surface area contributed by atoms with Gasteiger partial charge in [0.2, 0.25) is 0 Å². The fourth-order valence-corrected chi connectivity index (χ4v) is 2.71. The largest absolute Gasteiger partial charge is 0.372 e. The van der Waals surface area contributed by atoms with Crippen molar-refractivity contribution in [2.75, 3.05) is 33.3 Å². The summed E-state index contributed by atoms with van der Waals surface area (Å²) in [4.78, 5) is 16.5. The molecule has 2 saturated heterocycles. The first-order chi connectivity index (χ1) is 7.72. The van der Waals surface area contributed by atoms with Gasteiger partial charge in [-0.3, -0.25) is 9.69 Å². The molecule has 2 aliphatic heterocycles. The first kappa shape index (κ1) is 11.9. The van der Waals surface area contributed by atoms with Crippen LogP contribution < -0.4 is 0 Å². The molecule has 2 aliphatic rings. The minimum atomic E-state index is -0.296. The molecule has 2 fully saturated rings. The number of ether oxygens (including phenoxy) is 1. The van der Waals surface area contributed by atoms with Crippen LogP contribution in [-0.4, -0.2) is 61.1 Å². The Morgan fingerprint density at radius 2 is 2.12 bits per heavy atom. The first-order valence-corrected chi connectivity index (χ1v) is 6.28. The fourth-order valence-electron chi connectivity index (χ4n) is 2.71. The molecule has 92 valence electrons. The topological polar surface area (TPSA) is 32.8 Å². The van der Waals surface area contributed by atoms with Crippen LogP contribution in [0.15, 0.2) is 0 Å². The van der Waals surface area contributed by atoms with Crippen molar-refractivity contribution in [1.82, 2.24) is 9.80 Å². The molecule has 1 amide bonds. The van der Waals surface area contributed by atoms with Gasteiger partial charge in [-0.15, -0.1) is 0 Å². The SMILES string of the molecule is COC(C)C(=O)N1CCN2CCCCC2C1. The maximum atomic E-state index is 12.0. The Balaban J connectivity index is 1.92. The highest BCUT2D eigenvalue weighted by atomic mass is 16.5. The minimum absolute atomic E-state index is 0.146. The fraction of sp³-hybridized carbons (Fsp3) is 0.917. The lowest BCUT2D eigenvalue weighted by molar-refractivity contribution is -0.144. The van der Waals surface area contributed by atoms with Crippen LogP contribution in [-0.2, 0) is 9.53 Å². The van der Waals surface area contributed by atoms with E-state index in [1.54, 1.807) is 7.11 Å². The molecule has 2 heterocycles. The Labute approximate surface area is 97.5 Å². The van der Waals surface area contributed by atoms with Crippen molar-refractivity contribution in [3.63, 3.8) is 0 Å². The summed E-state index contributed by atoms with van der Waals surface area (Å²) in [6.07, 6.45) is 3.57. The van der Waals surface area contributed by atoms with Crippen LogP contribution in [0.5, 0.6) is 0 Å². The molecule has 2 atom stereocenters. The quantitative estimate of drug-likeness (QED) is 0.695. The Morgan fingerprint density at radius 1 is 1.31 bits per heavy atom. The van der Waals surface area contributed by atoms with Gasteiger partial charge in [0.15, 0.2) is 0 Å². The third kappa shape index (κ3) is 2.38. The molecule has 0 radical (unpaired) electrons. The molecular weight excluding hydrogens is 204 g/mol. The summed E-state index contributed by atoms with van der Waals surface area (Å²) in [5.74, 6) is 0.146. The van der Waals surface area contributed by atoms with Gasteiger partial charge in [0, 0.05) is 32.8 Å². The highest BCUT2D eigenvalue weighted by Crippen LogP contribution is 2.21. The van der Waals surface area contributed by atoms with Gasteiger partial charge in [0.25, 0.3) is 5.91 Å². The van der Waals surface area contributed by atoms with Gasteiger partial charge >= 0.3 is 0 Å². The van der Waals surface area contributed by atoms with Crippen LogP contribution in [0.3, 0.4) is 0 Å². The lowest BCUT2D eigenvalue weighted by Crippen LogP contribution is -2.57. The van der Waals surface area contributed by atoms with E-state index in [9.17, 15) is 4.79 Å². The normalized spacial score (nSPS) is 28.6. The standard InChI is InChI=1S/C12H22N2O2/c1-10(16-2)12(15)14-8-7-13-6-4-3-5-11(13)9-14/h10-11H,3-9H2,1-2H3. The van der Waals surface area contributed by atoms with Crippen LogP contribution in [0, 0.1) is 0 Å². The van der Waals surface area contributed by atoms with E-state index in [1.807, 2.05) is 11.8 Å². The third-order valence-electron chi connectivity index (χ3n) is 3.85. The predicted octanol–water partition coefficient (Wildman–Crippen LogP) is 0.718. The second kappa shape index (κ2) is 5.15. The van der Waals surface area contributed by atoms with Gasteiger partial charge < -0.3 is 9.64 Å². The van der Waals surface area contributed by atoms with Crippen molar-refractivity contribution in [2.45, 2.75) is 38.3 Å². The molecule has 0 aromatic rings. The molecule has 2 unspecified atom stereocenters. The van der Waals surface area contributed by atoms with Crippen molar-refractivity contribution in [3.05, 3.63) is 0 Å². The second-order valence-electron chi connectivity index (χ2n) is 4.85. The van der Waals surface area contributed by atoms with Gasteiger partial charge in [0.1, 0.15) is 6.10 Å². The zero-order valence-electron chi connectivity index (χ0n) is 10.3. The Hall–Kier alpha value is -0.610. The average Bonchev–Trinajstić information content (AvgIpc) is 2.36. The number of hydrogen-bond acceptors (Lipinski definition) is 3. The molecule has 2 rings (SSSR count). The van der Waals surface area contributed by atoms with Gasteiger partial charge in [-0.2, -0.15) is 0 Å². The van der Waals surface area contributed by atoms with Crippen molar-refractivity contribution in [1.29, 1.82) is 0 Å². The Morgan fingerprint density at radius 3 is 2.88 bits per heavy atom. The van der Waals surface area contributed by atoms with Crippen molar-refractivity contribution < 1.29 is 9.53 Å². The lowest BCUT2D eigenvalue weighted by Gasteiger charge is -2.44. The predicted molar refractivity (Wildman–Crippen MR) is 62.3 cm³/mol. The van der Waals surface area contributed by atoms with Crippen molar-refractivity contribution >= 4 is 5.91 Å². The van der Waals surface area contributed by atoms with Gasteiger partial charge in [-0.05, 0) is 26.3 Å². The monoisotopic (exact) mass is 226 g/mol. The number of piperidine rings is 1. The zero-order chi connectivity index (χ0) is 11.5. The molecule has 16 heavy (non-hydrogen) atoms. The van der Waals surface area contributed by atoms with Crippen LogP contribution >= 0.6 is 0 Å². The summed E-state index contributed by atoms with van der Waals surface area (Å²) >= 11 is 0. The molecule has 0 aromatic heterocycles. The van der Waals surface area contributed by atoms with Crippen LogP contribution in [0.4, 0.5) is 0 Å². The van der Waals surface area contributed by atoms with E-state index in [0.717, 1.165) is 19.6 Å². The molecule has 0 saturated carbocycles. The number of rotatable bonds is 2. The van der Waals surface area contributed by atoms with E-state index in [-0.39, 0.29) is 12.0 Å². The maximum Gasteiger partial charge on any atom is 0.251 e. The average molecular weight is 226 g/mol. The molecule has 0 bridgehead atoms. The second-order valence-corrected chi connectivity index (χ2v) is 4.85. The van der Waals surface area contributed by atoms with Gasteiger partial charge in [-0.25, -0.2) is 0 Å². The summed E-state index contributed by atoms with van der Waals surface area (Å²) in [5.41, 5.74) is 0. The third-order valence-corrected chi connectivity index (χ3v) is 3.85. The number of hydrogen-bond donors (Lipinski definition) is 0. The number of amides is 1. The molecule has 4 heteroatoms. The van der Waals surface area contributed by atoms with Crippen molar-refractivity contribution in [3.8, 4) is 0 Å². The van der Waals surface area contributed by atoms with Crippen LogP contribution in [0.1, 0.15) is 26.2 Å². The molecule has 0 aliphatic carbocycles. The summed E-state index contributed by atoms with van der Waals surface area (Å²) in [6.45, 7) is 5.84. The van der Waals surface area contributed by atoms with Gasteiger partial charge in [0.05, 0.1) is 0 Å². The number of carbonyl (C=O) groups excluding carboxylic acids is 1. The molecule has 0 aromatic carbocycles. The molecule has 0 spiro atoms. The van der Waals surface area contributed by atoms with E-state index < -0.39 is 0 Å². The van der Waals surface area contributed by atoms with E-state index >= 15 is 0 Å². The van der Waals surface area contributed by atoms with E-state index in [1.165, 1.54) is 25.8 Å². The lowest BCUT2D eigenvalue weighted by atomic mass is 9.99. The highest BCUT2D eigenvalue weighted by molar-refractivity contribution is 5.80. The Bertz CT molecular complexity index is 257. The summed E-state index contributed by atoms with van der Waals surface area (Å²) in [7, 11) is 1.60. The summed E-state index contributed by atoms with van der Waals surface area (Å²) in [5, 5.41) is 0. The minimum Gasteiger partial charge on any atom is -0.372 e. The summed E-state index contributed by atoms with van der Waals surface area (Å²) < 4.78 is 5.10. The smallest absolute Gasteiger partial charge is 0.251 e. The molecule has 4 nitrogen and oxygen atoms in total.